The zero-order valence-electron chi connectivity index (χ0n) is 18.6. The van der Waals surface area contributed by atoms with E-state index in [1.54, 1.807) is 7.11 Å². The third kappa shape index (κ3) is 4.88. The Hall–Kier alpha value is -3.47. The van der Waals surface area contributed by atoms with Crippen LogP contribution >= 0.6 is 0 Å². The number of carbonyl (C=O) groups excluding carboxylic acids is 1. The van der Waals surface area contributed by atoms with Crippen molar-refractivity contribution in [3.8, 4) is 17.2 Å². The van der Waals surface area contributed by atoms with Gasteiger partial charge in [-0.3, -0.25) is 4.79 Å². The van der Waals surface area contributed by atoms with Gasteiger partial charge in [0.15, 0.2) is 11.5 Å². The second-order valence-corrected chi connectivity index (χ2v) is 7.85. The Morgan fingerprint density at radius 3 is 2.53 bits per heavy atom. The van der Waals surface area contributed by atoms with Crippen LogP contribution in [0.25, 0.3) is 0 Å². The number of carbonyl (C=O) groups is 1. The van der Waals surface area contributed by atoms with Gasteiger partial charge in [-0.2, -0.15) is 0 Å². The zero-order chi connectivity index (χ0) is 22.3. The van der Waals surface area contributed by atoms with Crippen molar-refractivity contribution in [2.24, 2.45) is 0 Å². The van der Waals surface area contributed by atoms with Crippen molar-refractivity contribution in [2.45, 2.75) is 32.2 Å². The Kier molecular flexibility index (Phi) is 6.95. The first-order chi connectivity index (χ1) is 15.7. The molecule has 0 aliphatic carbocycles. The van der Waals surface area contributed by atoms with E-state index < -0.39 is 0 Å². The van der Waals surface area contributed by atoms with E-state index in [1.165, 1.54) is 0 Å². The predicted octanol–water partition coefficient (Wildman–Crippen LogP) is 5.38. The number of methoxy groups -OCH3 is 1. The average Bonchev–Trinajstić information content (AvgIpc) is 3.32. The molecule has 0 aromatic heterocycles. The summed E-state index contributed by atoms with van der Waals surface area (Å²) in [6.07, 6.45) is 1.24. The zero-order valence-corrected chi connectivity index (χ0v) is 18.6. The van der Waals surface area contributed by atoms with Gasteiger partial charge >= 0.3 is 0 Å². The van der Waals surface area contributed by atoms with Gasteiger partial charge in [0.25, 0.3) is 0 Å². The molecule has 166 valence electrons. The smallest absolute Gasteiger partial charge is 0.231 e. The third-order valence-corrected chi connectivity index (χ3v) is 5.87. The lowest BCUT2D eigenvalue weighted by Gasteiger charge is -2.27. The summed E-state index contributed by atoms with van der Waals surface area (Å²) in [7, 11) is 1.69. The normalized spacial score (nSPS) is 12.9. The number of amides is 1. The van der Waals surface area contributed by atoms with E-state index >= 15 is 0 Å². The Labute approximate surface area is 189 Å². The molecule has 0 unspecified atom stereocenters. The summed E-state index contributed by atoms with van der Waals surface area (Å²) in [4.78, 5) is 14.7. The summed E-state index contributed by atoms with van der Waals surface area (Å²) in [5, 5.41) is 0. The maximum atomic E-state index is 12.7. The molecule has 5 heteroatoms. The first-order valence-corrected chi connectivity index (χ1v) is 11.0. The standard InChI is InChI=1S/C27H29NO4/c1-3-27(29)28(18-20-9-5-4-6-10-20)16-15-22(23-11-7-8-12-24(23)30-2)21-13-14-25-26(17-21)32-19-31-25/h4-14,17,22H,3,15-16,18-19H2,1-2H3/t22-/m1/s1. The SMILES string of the molecule is CCC(=O)N(CC[C@H](c1ccc2c(c1)OCO2)c1ccccc1OC)Cc1ccccc1. The minimum absolute atomic E-state index is 0.0450. The Morgan fingerprint density at radius 1 is 1.00 bits per heavy atom. The molecule has 0 spiro atoms. The minimum atomic E-state index is 0.0450. The molecule has 1 aliphatic heterocycles. The molecule has 32 heavy (non-hydrogen) atoms. The lowest BCUT2D eigenvalue weighted by atomic mass is 9.87. The van der Waals surface area contributed by atoms with Crippen LogP contribution in [-0.4, -0.2) is 31.3 Å². The van der Waals surface area contributed by atoms with Gasteiger partial charge in [-0.1, -0.05) is 61.5 Å². The van der Waals surface area contributed by atoms with Gasteiger partial charge < -0.3 is 19.1 Å². The van der Waals surface area contributed by atoms with Gasteiger partial charge in [-0.05, 0) is 35.7 Å². The van der Waals surface area contributed by atoms with Crippen LogP contribution in [0.1, 0.15) is 42.4 Å². The molecule has 0 N–H and O–H groups in total. The largest absolute Gasteiger partial charge is 0.496 e. The molecular formula is C27H29NO4. The van der Waals surface area contributed by atoms with Crippen molar-refractivity contribution in [1.29, 1.82) is 0 Å². The van der Waals surface area contributed by atoms with Crippen molar-refractivity contribution >= 4 is 5.91 Å². The van der Waals surface area contributed by atoms with Crippen molar-refractivity contribution in [2.75, 3.05) is 20.4 Å². The van der Waals surface area contributed by atoms with Crippen LogP contribution in [0, 0.1) is 0 Å². The number of hydrogen-bond donors (Lipinski definition) is 0. The van der Waals surface area contributed by atoms with E-state index in [0.29, 0.717) is 19.5 Å². The Morgan fingerprint density at radius 2 is 1.75 bits per heavy atom. The highest BCUT2D eigenvalue weighted by atomic mass is 16.7. The molecule has 1 heterocycles. The second-order valence-electron chi connectivity index (χ2n) is 7.85. The molecule has 1 aliphatic rings. The minimum Gasteiger partial charge on any atom is -0.496 e. The summed E-state index contributed by atoms with van der Waals surface area (Å²) in [5.41, 5.74) is 3.34. The first-order valence-electron chi connectivity index (χ1n) is 11.0. The number of nitrogens with zero attached hydrogens (tertiary/aromatic N) is 1. The number of fused-ring (bicyclic) bond motifs is 1. The number of ether oxygens (including phenoxy) is 3. The molecule has 0 bridgehead atoms. The third-order valence-electron chi connectivity index (χ3n) is 5.87. The van der Waals surface area contributed by atoms with Crippen LogP contribution in [-0.2, 0) is 11.3 Å². The Bertz CT molecular complexity index is 1050. The van der Waals surface area contributed by atoms with Gasteiger partial charge in [0.2, 0.25) is 12.7 Å². The monoisotopic (exact) mass is 431 g/mol. The fourth-order valence-corrected chi connectivity index (χ4v) is 4.19. The first kappa shape index (κ1) is 21.8. The van der Waals surface area contributed by atoms with Gasteiger partial charge in [0, 0.05) is 31.0 Å². The topological polar surface area (TPSA) is 48.0 Å². The lowest BCUT2D eigenvalue weighted by molar-refractivity contribution is -0.131. The van der Waals surface area contributed by atoms with E-state index in [9.17, 15) is 4.79 Å². The molecule has 0 radical (unpaired) electrons. The molecule has 4 rings (SSSR count). The molecule has 0 saturated carbocycles. The molecule has 5 nitrogen and oxygen atoms in total. The maximum Gasteiger partial charge on any atom is 0.231 e. The molecule has 3 aromatic rings. The summed E-state index contributed by atoms with van der Waals surface area (Å²) in [6, 6.07) is 24.3. The van der Waals surface area contributed by atoms with Crippen LogP contribution in [0.3, 0.4) is 0 Å². The second kappa shape index (κ2) is 10.2. The number of benzene rings is 3. The molecular weight excluding hydrogens is 402 g/mol. The number of rotatable bonds is 9. The molecule has 3 aromatic carbocycles. The van der Waals surface area contributed by atoms with E-state index in [0.717, 1.165) is 40.4 Å². The van der Waals surface area contributed by atoms with Gasteiger partial charge in [0.1, 0.15) is 5.75 Å². The summed E-state index contributed by atoms with van der Waals surface area (Å²) < 4.78 is 16.8. The lowest BCUT2D eigenvalue weighted by Crippen LogP contribution is -2.31. The van der Waals surface area contributed by atoms with Crippen LogP contribution in [0.4, 0.5) is 0 Å². The van der Waals surface area contributed by atoms with E-state index in [4.69, 9.17) is 14.2 Å². The van der Waals surface area contributed by atoms with Crippen molar-refractivity contribution < 1.29 is 19.0 Å². The molecule has 1 amide bonds. The van der Waals surface area contributed by atoms with Crippen molar-refractivity contribution in [1.82, 2.24) is 4.90 Å². The molecule has 0 saturated heterocycles. The average molecular weight is 432 g/mol. The maximum absolute atomic E-state index is 12.7. The summed E-state index contributed by atoms with van der Waals surface area (Å²) in [5.74, 6) is 2.56. The highest BCUT2D eigenvalue weighted by molar-refractivity contribution is 5.75. The summed E-state index contributed by atoms with van der Waals surface area (Å²) >= 11 is 0. The van der Waals surface area contributed by atoms with Crippen molar-refractivity contribution in [3.63, 3.8) is 0 Å². The van der Waals surface area contributed by atoms with Gasteiger partial charge in [0.05, 0.1) is 7.11 Å². The van der Waals surface area contributed by atoms with E-state index in [1.807, 2.05) is 60.4 Å². The Balaban J connectivity index is 1.63. The highest BCUT2D eigenvalue weighted by Crippen LogP contribution is 2.40. The van der Waals surface area contributed by atoms with Gasteiger partial charge in [-0.15, -0.1) is 0 Å². The van der Waals surface area contributed by atoms with Gasteiger partial charge in [-0.25, -0.2) is 0 Å². The van der Waals surface area contributed by atoms with E-state index in [-0.39, 0.29) is 18.6 Å². The van der Waals surface area contributed by atoms with Crippen LogP contribution < -0.4 is 14.2 Å². The van der Waals surface area contributed by atoms with Crippen LogP contribution in [0.5, 0.6) is 17.2 Å². The molecule has 0 fully saturated rings. The fourth-order valence-electron chi connectivity index (χ4n) is 4.19. The van der Waals surface area contributed by atoms with Crippen LogP contribution in [0.2, 0.25) is 0 Å². The fraction of sp³-hybridized carbons (Fsp3) is 0.296. The van der Waals surface area contributed by atoms with Crippen molar-refractivity contribution in [3.05, 3.63) is 89.5 Å². The highest BCUT2D eigenvalue weighted by Gasteiger charge is 2.23. The van der Waals surface area contributed by atoms with Crippen LogP contribution in [0.15, 0.2) is 72.8 Å². The number of para-hydroxylation sites is 1. The predicted molar refractivity (Wildman–Crippen MR) is 124 cm³/mol. The summed E-state index contributed by atoms with van der Waals surface area (Å²) in [6.45, 7) is 3.40. The number of hydrogen-bond acceptors (Lipinski definition) is 4. The van der Waals surface area contributed by atoms with E-state index in [2.05, 4.69) is 24.3 Å². The molecule has 1 atom stereocenters. The quantitative estimate of drug-likeness (QED) is 0.456.